The molecule has 0 aliphatic carbocycles. The van der Waals surface area contributed by atoms with Crippen molar-refractivity contribution in [2.75, 3.05) is 0 Å². The van der Waals surface area contributed by atoms with Crippen LogP contribution in [0.4, 0.5) is 0 Å². The molecule has 0 aliphatic heterocycles. The molecule has 4 heteroatoms. The van der Waals surface area contributed by atoms with Gasteiger partial charge in [-0.1, -0.05) is 13.3 Å². The number of ether oxygens (including phenoxy) is 1. The first-order valence-electron chi connectivity index (χ1n) is 4.11. The van der Waals surface area contributed by atoms with Gasteiger partial charge in [-0.15, -0.1) is 0 Å². The predicted molar refractivity (Wildman–Crippen MR) is 43.3 cm³/mol. The van der Waals surface area contributed by atoms with Crippen molar-refractivity contribution < 1.29 is 19.7 Å². The summed E-state index contributed by atoms with van der Waals surface area (Å²) in [6.07, 6.45) is -0.622. The molecule has 4 nitrogen and oxygen atoms in total. The zero-order valence-corrected chi connectivity index (χ0v) is 7.49. The summed E-state index contributed by atoms with van der Waals surface area (Å²) in [7, 11) is 0. The summed E-state index contributed by atoms with van der Waals surface area (Å²) >= 11 is 0. The molecule has 0 rings (SSSR count). The Kier molecular flexibility index (Phi) is 5.66. The molecule has 72 valence electrons. The molecule has 0 aromatic rings. The van der Waals surface area contributed by atoms with Gasteiger partial charge in [-0.3, -0.25) is 4.79 Å². The first-order chi connectivity index (χ1) is 5.56. The first kappa shape index (κ1) is 11.4. The highest BCUT2D eigenvalue weighted by Gasteiger charge is 2.11. The molecule has 0 aromatic carbocycles. The maximum Gasteiger partial charge on any atom is 0.310 e. The lowest BCUT2D eigenvalue weighted by molar-refractivity contribution is -0.170. The molecular formula is C8H16O4. The molecule has 0 saturated carbocycles. The van der Waals surface area contributed by atoms with Gasteiger partial charge in [0.15, 0.2) is 0 Å². The average molecular weight is 176 g/mol. The van der Waals surface area contributed by atoms with Crippen LogP contribution in [0.2, 0.25) is 0 Å². The Morgan fingerprint density at radius 2 is 2.08 bits per heavy atom. The third-order valence-corrected chi connectivity index (χ3v) is 1.27. The Balaban J connectivity index is 3.54. The van der Waals surface area contributed by atoms with E-state index in [0.29, 0.717) is 6.42 Å². The van der Waals surface area contributed by atoms with E-state index in [4.69, 9.17) is 10.2 Å². The maximum absolute atomic E-state index is 10.8. The van der Waals surface area contributed by atoms with Gasteiger partial charge in [-0.05, 0) is 6.92 Å². The number of carbonyl (C=O) groups is 1. The van der Waals surface area contributed by atoms with Gasteiger partial charge in [-0.2, -0.15) is 0 Å². The Bertz CT molecular complexity index is 133. The smallest absolute Gasteiger partial charge is 0.310 e. The highest BCUT2D eigenvalue weighted by Crippen LogP contribution is 2.01. The minimum absolute atomic E-state index is 0.0687. The molecule has 0 heterocycles. The average Bonchev–Trinajstić information content (AvgIpc) is 1.84. The largest absolute Gasteiger partial charge is 0.436 e. The number of aliphatic hydroxyl groups is 2. The van der Waals surface area contributed by atoms with E-state index >= 15 is 0 Å². The van der Waals surface area contributed by atoms with Crippen LogP contribution in [0.1, 0.15) is 33.1 Å². The zero-order valence-electron chi connectivity index (χ0n) is 7.49. The summed E-state index contributed by atoms with van der Waals surface area (Å²) in [6, 6.07) is 0. The molecule has 0 bridgehead atoms. The molecule has 2 N–H and O–H groups in total. The zero-order chi connectivity index (χ0) is 9.56. The van der Waals surface area contributed by atoms with Crippen LogP contribution in [0.5, 0.6) is 0 Å². The lowest BCUT2D eigenvalue weighted by Gasteiger charge is -2.11. The second-order valence-electron chi connectivity index (χ2n) is 2.79. The van der Waals surface area contributed by atoms with E-state index < -0.39 is 18.4 Å². The molecule has 0 aliphatic rings. The second kappa shape index (κ2) is 5.97. The lowest BCUT2D eigenvalue weighted by Crippen LogP contribution is -2.20. The summed E-state index contributed by atoms with van der Waals surface area (Å²) in [4.78, 5) is 10.8. The van der Waals surface area contributed by atoms with Gasteiger partial charge in [-0.25, -0.2) is 0 Å². The Hall–Kier alpha value is -0.610. The monoisotopic (exact) mass is 176 g/mol. The van der Waals surface area contributed by atoms with E-state index in [0.717, 1.165) is 6.42 Å². The number of hydrogen-bond acceptors (Lipinski definition) is 4. The van der Waals surface area contributed by atoms with E-state index in [1.54, 1.807) is 0 Å². The molecule has 0 spiro atoms. The highest BCUT2D eigenvalue weighted by atomic mass is 16.6. The number of rotatable bonds is 5. The van der Waals surface area contributed by atoms with Crippen molar-refractivity contribution in [1.82, 2.24) is 0 Å². The number of hydrogen-bond donors (Lipinski definition) is 2. The molecule has 2 atom stereocenters. The van der Waals surface area contributed by atoms with Crippen molar-refractivity contribution in [3.63, 3.8) is 0 Å². The SMILES string of the molecule is CCC[C@H](O)OC(=O)C[C@@H](C)O. The van der Waals surface area contributed by atoms with Crippen LogP contribution in [0.15, 0.2) is 0 Å². The van der Waals surface area contributed by atoms with Gasteiger partial charge in [0.05, 0.1) is 12.5 Å². The summed E-state index contributed by atoms with van der Waals surface area (Å²) in [5.41, 5.74) is 0. The minimum atomic E-state index is -1.03. The Morgan fingerprint density at radius 1 is 1.50 bits per heavy atom. The van der Waals surface area contributed by atoms with Crippen molar-refractivity contribution in [3.05, 3.63) is 0 Å². The van der Waals surface area contributed by atoms with Crippen LogP contribution in [0.25, 0.3) is 0 Å². The topological polar surface area (TPSA) is 66.8 Å². The third kappa shape index (κ3) is 6.12. The van der Waals surface area contributed by atoms with Gasteiger partial charge in [0.1, 0.15) is 0 Å². The fourth-order valence-electron chi connectivity index (χ4n) is 0.747. The van der Waals surface area contributed by atoms with E-state index in [1.165, 1.54) is 6.92 Å². The molecule has 0 saturated heterocycles. The Morgan fingerprint density at radius 3 is 2.50 bits per heavy atom. The molecule has 0 fully saturated rings. The molecule has 12 heavy (non-hydrogen) atoms. The number of aliphatic hydroxyl groups excluding tert-OH is 2. The summed E-state index contributed by atoms with van der Waals surface area (Å²) in [5.74, 6) is -0.564. The van der Waals surface area contributed by atoms with Gasteiger partial charge in [0.25, 0.3) is 0 Å². The lowest BCUT2D eigenvalue weighted by atomic mass is 10.3. The van der Waals surface area contributed by atoms with Crippen LogP contribution >= 0.6 is 0 Å². The minimum Gasteiger partial charge on any atom is -0.436 e. The van der Waals surface area contributed by atoms with Crippen molar-refractivity contribution in [3.8, 4) is 0 Å². The van der Waals surface area contributed by atoms with E-state index in [2.05, 4.69) is 4.74 Å². The number of esters is 1. The van der Waals surface area contributed by atoms with E-state index in [1.807, 2.05) is 6.92 Å². The van der Waals surface area contributed by atoms with Crippen LogP contribution in [-0.4, -0.2) is 28.6 Å². The number of carbonyl (C=O) groups excluding carboxylic acids is 1. The molecule has 0 radical (unpaired) electrons. The summed E-state index contributed by atoms with van der Waals surface area (Å²) in [5, 5.41) is 17.8. The quantitative estimate of drug-likeness (QED) is 0.470. The predicted octanol–water partition coefficient (Wildman–Crippen LogP) is 0.419. The fraction of sp³-hybridized carbons (Fsp3) is 0.875. The molecule has 0 amide bonds. The van der Waals surface area contributed by atoms with Crippen LogP contribution in [-0.2, 0) is 9.53 Å². The van der Waals surface area contributed by atoms with Crippen molar-refractivity contribution >= 4 is 5.97 Å². The van der Waals surface area contributed by atoms with Crippen molar-refractivity contribution in [1.29, 1.82) is 0 Å². The van der Waals surface area contributed by atoms with E-state index in [-0.39, 0.29) is 6.42 Å². The fourth-order valence-corrected chi connectivity index (χ4v) is 0.747. The van der Waals surface area contributed by atoms with Crippen LogP contribution < -0.4 is 0 Å². The maximum atomic E-state index is 10.8. The van der Waals surface area contributed by atoms with Gasteiger partial charge in [0.2, 0.25) is 6.29 Å². The van der Waals surface area contributed by atoms with Crippen molar-refractivity contribution in [2.24, 2.45) is 0 Å². The first-order valence-corrected chi connectivity index (χ1v) is 4.11. The van der Waals surface area contributed by atoms with Gasteiger partial charge < -0.3 is 14.9 Å². The Labute approximate surface area is 72.2 Å². The van der Waals surface area contributed by atoms with E-state index in [9.17, 15) is 4.79 Å². The molecule has 0 unspecified atom stereocenters. The van der Waals surface area contributed by atoms with Gasteiger partial charge >= 0.3 is 5.97 Å². The summed E-state index contributed by atoms with van der Waals surface area (Å²) < 4.78 is 4.56. The standard InChI is InChI=1S/C8H16O4/c1-3-4-7(10)12-8(11)5-6(2)9/h6-7,9-10H,3-5H2,1-2H3/t6-,7-/m1/s1. The van der Waals surface area contributed by atoms with Crippen LogP contribution in [0.3, 0.4) is 0 Å². The second-order valence-corrected chi connectivity index (χ2v) is 2.79. The van der Waals surface area contributed by atoms with Gasteiger partial charge in [0, 0.05) is 6.42 Å². The van der Waals surface area contributed by atoms with Crippen LogP contribution in [0, 0.1) is 0 Å². The molecule has 0 aromatic heterocycles. The normalized spacial score (nSPS) is 15.3. The molecular weight excluding hydrogens is 160 g/mol. The van der Waals surface area contributed by atoms with Crippen molar-refractivity contribution in [2.45, 2.75) is 45.5 Å². The highest BCUT2D eigenvalue weighted by molar-refractivity contribution is 5.69. The third-order valence-electron chi connectivity index (χ3n) is 1.27. The summed E-state index contributed by atoms with van der Waals surface area (Å²) in [6.45, 7) is 3.37.